The van der Waals surface area contributed by atoms with Gasteiger partial charge in [-0.05, 0) is 25.0 Å². The van der Waals surface area contributed by atoms with Crippen LogP contribution in [0.2, 0.25) is 5.02 Å². The summed E-state index contributed by atoms with van der Waals surface area (Å²) in [7, 11) is 0. The first-order chi connectivity index (χ1) is 11.1. The number of carbonyl (C=O) groups excluding carboxylic acids is 2. The van der Waals surface area contributed by atoms with Crippen molar-refractivity contribution >= 4 is 23.5 Å². The number of hydrogen-bond donors (Lipinski definition) is 0. The summed E-state index contributed by atoms with van der Waals surface area (Å²) in [5.74, 6) is -1.03. The lowest BCUT2D eigenvalue weighted by Gasteiger charge is -2.36. The van der Waals surface area contributed by atoms with Crippen LogP contribution >= 0.6 is 11.6 Å². The normalized spacial score (nSPS) is 18.4. The molecule has 0 saturated carbocycles. The Labute approximate surface area is 139 Å². The molecule has 23 heavy (non-hydrogen) atoms. The van der Waals surface area contributed by atoms with Crippen molar-refractivity contribution in [1.29, 1.82) is 0 Å². The average Bonchev–Trinajstić information content (AvgIpc) is 3.08. The molecule has 0 bridgehead atoms. The molecular formula is C16H19ClFN3O2. The summed E-state index contributed by atoms with van der Waals surface area (Å²) in [6.45, 7) is 3.33. The molecule has 0 unspecified atom stereocenters. The standard InChI is InChI=1S/C16H19ClFN3O2/c17-12-4-3-5-13(18)14(12)15(22)19-8-10-21(11-9-19)16(23)20-6-1-2-7-20/h3-5H,1-2,6-11H2. The molecule has 2 aliphatic heterocycles. The van der Waals surface area contributed by atoms with E-state index in [1.54, 1.807) is 9.80 Å². The molecule has 5 nitrogen and oxygen atoms in total. The van der Waals surface area contributed by atoms with E-state index in [2.05, 4.69) is 0 Å². The Bertz CT molecular complexity index is 591. The van der Waals surface area contributed by atoms with E-state index in [9.17, 15) is 14.0 Å². The van der Waals surface area contributed by atoms with Crippen LogP contribution in [0.25, 0.3) is 0 Å². The number of benzene rings is 1. The van der Waals surface area contributed by atoms with E-state index >= 15 is 0 Å². The Balaban J connectivity index is 1.62. The van der Waals surface area contributed by atoms with Crippen molar-refractivity contribution in [3.05, 3.63) is 34.6 Å². The summed E-state index contributed by atoms with van der Waals surface area (Å²) in [6, 6.07) is 4.25. The van der Waals surface area contributed by atoms with Crippen LogP contribution in [-0.4, -0.2) is 65.9 Å². The highest BCUT2D eigenvalue weighted by Crippen LogP contribution is 2.22. The molecule has 0 N–H and O–H groups in total. The number of piperazine rings is 1. The van der Waals surface area contributed by atoms with Crippen molar-refractivity contribution in [2.75, 3.05) is 39.3 Å². The summed E-state index contributed by atoms with van der Waals surface area (Å²) in [5.41, 5.74) is -0.0894. The highest BCUT2D eigenvalue weighted by molar-refractivity contribution is 6.33. The number of amides is 3. The predicted molar refractivity (Wildman–Crippen MR) is 85.1 cm³/mol. The molecule has 0 spiro atoms. The van der Waals surface area contributed by atoms with Gasteiger partial charge >= 0.3 is 6.03 Å². The van der Waals surface area contributed by atoms with Gasteiger partial charge in [0.15, 0.2) is 0 Å². The Morgan fingerprint density at radius 2 is 1.48 bits per heavy atom. The summed E-state index contributed by atoms with van der Waals surface area (Å²) in [5, 5.41) is 0.116. The van der Waals surface area contributed by atoms with Gasteiger partial charge in [0.2, 0.25) is 0 Å². The molecule has 0 atom stereocenters. The van der Waals surface area contributed by atoms with Gasteiger partial charge < -0.3 is 14.7 Å². The second-order valence-electron chi connectivity index (χ2n) is 5.85. The van der Waals surface area contributed by atoms with Crippen LogP contribution in [0.5, 0.6) is 0 Å². The third-order valence-corrected chi connectivity index (χ3v) is 4.71. The SMILES string of the molecule is O=C(c1c(F)cccc1Cl)N1CCN(C(=O)N2CCCC2)CC1. The Morgan fingerprint density at radius 3 is 2.09 bits per heavy atom. The van der Waals surface area contributed by atoms with Gasteiger partial charge in [-0.15, -0.1) is 0 Å². The minimum atomic E-state index is -0.613. The van der Waals surface area contributed by atoms with Gasteiger partial charge in [0, 0.05) is 39.3 Å². The molecule has 2 aliphatic rings. The van der Waals surface area contributed by atoms with Crippen molar-refractivity contribution in [2.45, 2.75) is 12.8 Å². The van der Waals surface area contributed by atoms with Gasteiger partial charge in [-0.3, -0.25) is 4.79 Å². The maximum atomic E-state index is 13.9. The van der Waals surface area contributed by atoms with E-state index in [0.717, 1.165) is 25.9 Å². The van der Waals surface area contributed by atoms with Gasteiger partial charge in [0.05, 0.1) is 10.6 Å². The van der Waals surface area contributed by atoms with E-state index in [1.807, 2.05) is 4.90 Å². The van der Waals surface area contributed by atoms with E-state index in [4.69, 9.17) is 11.6 Å². The minimum absolute atomic E-state index is 0.0403. The third kappa shape index (κ3) is 3.27. The molecule has 7 heteroatoms. The first-order valence-electron chi connectivity index (χ1n) is 7.85. The van der Waals surface area contributed by atoms with E-state index in [0.29, 0.717) is 26.2 Å². The summed E-state index contributed by atoms with van der Waals surface area (Å²) >= 11 is 5.95. The van der Waals surface area contributed by atoms with Crippen LogP contribution < -0.4 is 0 Å². The van der Waals surface area contributed by atoms with Crippen LogP contribution in [0.1, 0.15) is 23.2 Å². The molecule has 3 rings (SSSR count). The fraction of sp³-hybridized carbons (Fsp3) is 0.500. The summed E-state index contributed by atoms with van der Waals surface area (Å²) in [4.78, 5) is 30.0. The number of hydrogen-bond acceptors (Lipinski definition) is 2. The topological polar surface area (TPSA) is 43.9 Å². The lowest BCUT2D eigenvalue weighted by Crippen LogP contribution is -2.53. The Hall–Kier alpha value is -1.82. The zero-order chi connectivity index (χ0) is 16.4. The second kappa shape index (κ2) is 6.74. The summed E-state index contributed by atoms with van der Waals surface area (Å²) < 4.78 is 13.9. The lowest BCUT2D eigenvalue weighted by molar-refractivity contribution is 0.0640. The first kappa shape index (κ1) is 16.1. The van der Waals surface area contributed by atoms with Crippen molar-refractivity contribution in [2.24, 2.45) is 0 Å². The fourth-order valence-corrected chi connectivity index (χ4v) is 3.31. The van der Waals surface area contributed by atoms with Gasteiger partial charge in [-0.2, -0.15) is 0 Å². The van der Waals surface area contributed by atoms with Crippen LogP contribution in [-0.2, 0) is 0 Å². The van der Waals surface area contributed by atoms with Crippen molar-refractivity contribution in [3.63, 3.8) is 0 Å². The van der Waals surface area contributed by atoms with Gasteiger partial charge in [0.25, 0.3) is 5.91 Å². The van der Waals surface area contributed by atoms with Crippen LogP contribution in [0.4, 0.5) is 9.18 Å². The summed E-state index contributed by atoms with van der Waals surface area (Å²) in [6.07, 6.45) is 2.10. The number of likely N-dealkylation sites (tertiary alicyclic amines) is 1. The van der Waals surface area contributed by atoms with Crippen molar-refractivity contribution in [1.82, 2.24) is 14.7 Å². The second-order valence-corrected chi connectivity index (χ2v) is 6.26. The molecule has 0 aromatic heterocycles. The van der Waals surface area contributed by atoms with Crippen molar-refractivity contribution < 1.29 is 14.0 Å². The molecule has 1 aromatic rings. The third-order valence-electron chi connectivity index (χ3n) is 4.39. The van der Waals surface area contributed by atoms with E-state index < -0.39 is 11.7 Å². The molecule has 124 valence electrons. The molecule has 2 fully saturated rings. The Morgan fingerprint density at radius 1 is 0.913 bits per heavy atom. The van der Waals surface area contributed by atoms with Gasteiger partial charge in [-0.1, -0.05) is 17.7 Å². The zero-order valence-electron chi connectivity index (χ0n) is 12.8. The van der Waals surface area contributed by atoms with Crippen LogP contribution in [0, 0.1) is 5.82 Å². The van der Waals surface area contributed by atoms with E-state index in [1.165, 1.54) is 18.2 Å². The molecule has 1 aromatic carbocycles. The highest BCUT2D eigenvalue weighted by Gasteiger charge is 2.30. The molecule has 0 radical (unpaired) electrons. The largest absolute Gasteiger partial charge is 0.335 e. The fourth-order valence-electron chi connectivity index (χ4n) is 3.07. The first-order valence-corrected chi connectivity index (χ1v) is 8.23. The average molecular weight is 340 g/mol. The number of halogens is 2. The number of carbonyl (C=O) groups is 2. The van der Waals surface area contributed by atoms with Gasteiger partial charge in [0.1, 0.15) is 5.82 Å². The number of urea groups is 1. The molecule has 0 aliphatic carbocycles. The number of rotatable bonds is 1. The molecule has 2 heterocycles. The molecule has 3 amide bonds. The molecular weight excluding hydrogens is 321 g/mol. The minimum Gasteiger partial charge on any atom is -0.335 e. The molecule has 2 saturated heterocycles. The highest BCUT2D eigenvalue weighted by atomic mass is 35.5. The lowest BCUT2D eigenvalue weighted by atomic mass is 10.1. The quantitative estimate of drug-likeness (QED) is 0.789. The monoisotopic (exact) mass is 339 g/mol. The number of nitrogens with zero attached hydrogens (tertiary/aromatic N) is 3. The van der Waals surface area contributed by atoms with Crippen molar-refractivity contribution in [3.8, 4) is 0 Å². The Kier molecular flexibility index (Phi) is 4.71. The van der Waals surface area contributed by atoms with Crippen LogP contribution in [0.15, 0.2) is 18.2 Å². The maximum absolute atomic E-state index is 13.9. The maximum Gasteiger partial charge on any atom is 0.320 e. The van der Waals surface area contributed by atoms with Gasteiger partial charge in [-0.25, -0.2) is 9.18 Å². The smallest absolute Gasteiger partial charge is 0.320 e. The van der Waals surface area contributed by atoms with E-state index in [-0.39, 0.29) is 16.6 Å². The zero-order valence-corrected chi connectivity index (χ0v) is 13.6. The van der Waals surface area contributed by atoms with Crippen LogP contribution in [0.3, 0.4) is 0 Å². The predicted octanol–water partition coefficient (Wildman–Crippen LogP) is 2.45.